The first kappa shape index (κ1) is 23.5. The summed E-state index contributed by atoms with van der Waals surface area (Å²) < 4.78 is 0. The van der Waals surface area contributed by atoms with Gasteiger partial charge in [-0.2, -0.15) is 0 Å². The minimum absolute atomic E-state index is 0. The van der Waals surface area contributed by atoms with E-state index < -0.39 is 0 Å². The molecule has 0 aromatic heterocycles. The first-order chi connectivity index (χ1) is 9.81. The van der Waals surface area contributed by atoms with Gasteiger partial charge >= 0.3 is 0 Å². The Hall–Kier alpha value is 0.210. The maximum Gasteiger partial charge on any atom is 0.0562 e. The van der Waals surface area contributed by atoms with Crippen LogP contribution in [0.3, 0.4) is 0 Å². The maximum atomic E-state index is 9.47. The molecule has 1 atom stereocenters. The lowest BCUT2D eigenvalue weighted by atomic mass is 10.0. The molecule has 0 amide bonds. The lowest BCUT2D eigenvalue weighted by Gasteiger charge is -2.08. The van der Waals surface area contributed by atoms with Crippen molar-refractivity contribution in [2.24, 2.45) is 0 Å². The fourth-order valence-electron chi connectivity index (χ4n) is 2.69. The predicted octanol–water partition coefficient (Wildman–Crippen LogP) is 5.63. The Bertz CT molecular complexity index is 177. The SMILES string of the molecule is CCCCCCCCCCCCCCCC(O)CCO.Cl. The summed E-state index contributed by atoms with van der Waals surface area (Å²) in [6.07, 6.45) is 18.8. The molecule has 1 unspecified atom stereocenters. The highest BCUT2D eigenvalue weighted by Crippen LogP contribution is 2.13. The van der Waals surface area contributed by atoms with Crippen LogP contribution in [0.2, 0.25) is 0 Å². The number of rotatable bonds is 16. The van der Waals surface area contributed by atoms with Gasteiger partial charge in [0.25, 0.3) is 0 Å². The summed E-state index contributed by atoms with van der Waals surface area (Å²) in [7, 11) is 0. The van der Waals surface area contributed by atoms with Crippen molar-refractivity contribution in [1.82, 2.24) is 0 Å². The van der Waals surface area contributed by atoms with Gasteiger partial charge < -0.3 is 10.2 Å². The van der Waals surface area contributed by atoms with Crippen molar-refractivity contribution < 1.29 is 10.2 Å². The monoisotopic (exact) mass is 322 g/mol. The van der Waals surface area contributed by atoms with Crippen LogP contribution in [0.4, 0.5) is 0 Å². The summed E-state index contributed by atoms with van der Waals surface area (Å²) in [4.78, 5) is 0. The van der Waals surface area contributed by atoms with Crippen LogP contribution >= 0.6 is 12.4 Å². The average Bonchev–Trinajstić information content (AvgIpc) is 2.44. The number of hydrogen-bond donors (Lipinski definition) is 2. The Morgan fingerprint density at radius 2 is 1.00 bits per heavy atom. The topological polar surface area (TPSA) is 40.5 Å². The molecule has 0 fully saturated rings. The van der Waals surface area contributed by atoms with Crippen molar-refractivity contribution in [2.75, 3.05) is 6.61 Å². The van der Waals surface area contributed by atoms with Gasteiger partial charge in [0.15, 0.2) is 0 Å². The molecule has 0 aliphatic carbocycles. The lowest BCUT2D eigenvalue weighted by Crippen LogP contribution is -2.08. The summed E-state index contributed by atoms with van der Waals surface area (Å²) in [6.45, 7) is 2.38. The molecule has 21 heavy (non-hydrogen) atoms. The molecular formula is C18H39ClO2. The molecule has 0 saturated carbocycles. The van der Waals surface area contributed by atoms with Crippen LogP contribution in [-0.4, -0.2) is 22.9 Å². The molecule has 0 aliphatic heterocycles. The normalized spacial score (nSPS) is 12.1. The van der Waals surface area contributed by atoms with E-state index in [-0.39, 0.29) is 25.1 Å². The van der Waals surface area contributed by atoms with Crippen LogP contribution < -0.4 is 0 Å². The first-order valence-corrected chi connectivity index (χ1v) is 9.10. The van der Waals surface area contributed by atoms with E-state index in [0.29, 0.717) is 6.42 Å². The third kappa shape index (κ3) is 20.2. The Kier molecular flexibility index (Phi) is 22.6. The number of unbranched alkanes of at least 4 members (excludes halogenated alkanes) is 12. The number of halogens is 1. The summed E-state index contributed by atoms with van der Waals surface area (Å²) in [5.74, 6) is 0. The van der Waals surface area contributed by atoms with E-state index in [9.17, 15) is 5.11 Å². The fourth-order valence-corrected chi connectivity index (χ4v) is 2.69. The van der Waals surface area contributed by atoms with Crippen LogP contribution in [0, 0.1) is 0 Å². The second kappa shape index (κ2) is 20.2. The lowest BCUT2D eigenvalue weighted by molar-refractivity contribution is 0.122. The van der Waals surface area contributed by atoms with Gasteiger partial charge in [-0.15, -0.1) is 12.4 Å². The van der Waals surface area contributed by atoms with Gasteiger partial charge in [-0.25, -0.2) is 0 Å². The molecule has 0 spiro atoms. The van der Waals surface area contributed by atoms with E-state index in [0.717, 1.165) is 12.8 Å². The molecule has 0 radical (unpaired) electrons. The van der Waals surface area contributed by atoms with Crippen LogP contribution in [0.15, 0.2) is 0 Å². The third-order valence-electron chi connectivity index (χ3n) is 4.10. The number of hydrogen-bond acceptors (Lipinski definition) is 2. The van der Waals surface area contributed by atoms with Crippen molar-refractivity contribution in [3.63, 3.8) is 0 Å². The second-order valence-corrected chi connectivity index (χ2v) is 6.20. The van der Waals surface area contributed by atoms with Crippen LogP contribution in [0.1, 0.15) is 103 Å². The highest BCUT2D eigenvalue weighted by molar-refractivity contribution is 5.85. The van der Waals surface area contributed by atoms with Crippen molar-refractivity contribution in [2.45, 2.75) is 109 Å². The molecule has 0 aromatic carbocycles. The molecular weight excluding hydrogens is 284 g/mol. The maximum absolute atomic E-state index is 9.47. The summed E-state index contributed by atoms with van der Waals surface area (Å²) >= 11 is 0. The molecule has 0 heterocycles. The van der Waals surface area contributed by atoms with Gasteiger partial charge in [-0.3, -0.25) is 0 Å². The van der Waals surface area contributed by atoms with E-state index in [1.807, 2.05) is 0 Å². The van der Waals surface area contributed by atoms with Gasteiger partial charge in [-0.1, -0.05) is 90.4 Å². The van der Waals surface area contributed by atoms with Gasteiger partial charge in [0.05, 0.1) is 6.10 Å². The molecule has 0 rings (SSSR count). The average molecular weight is 323 g/mol. The van der Waals surface area contributed by atoms with E-state index in [2.05, 4.69) is 6.92 Å². The van der Waals surface area contributed by atoms with E-state index in [1.165, 1.54) is 77.0 Å². The smallest absolute Gasteiger partial charge is 0.0562 e. The zero-order valence-electron chi connectivity index (χ0n) is 14.2. The first-order valence-electron chi connectivity index (χ1n) is 9.10. The van der Waals surface area contributed by atoms with E-state index in [4.69, 9.17) is 5.11 Å². The second-order valence-electron chi connectivity index (χ2n) is 6.20. The Morgan fingerprint density at radius 3 is 1.38 bits per heavy atom. The minimum atomic E-state index is -0.285. The zero-order chi connectivity index (χ0) is 14.9. The number of aliphatic hydroxyl groups excluding tert-OH is 2. The Morgan fingerprint density at radius 1 is 0.619 bits per heavy atom. The van der Waals surface area contributed by atoms with Crippen LogP contribution in [0.5, 0.6) is 0 Å². The summed E-state index contributed by atoms with van der Waals surface area (Å²) in [6, 6.07) is 0. The fraction of sp³-hybridized carbons (Fsp3) is 1.00. The van der Waals surface area contributed by atoms with Crippen LogP contribution in [-0.2, 0) is 0 Å². The van der Waals surface area contributed by atoms with E-state index >= 15 is 0 Å². The van der Waals surface area contributed by atoms with Gasteiger partial charge in [0.1, 0.15) is 0 Å². The highest BCUT2D eigenvalue weighted by Gasteiger charge is 2.02. The standard InChI is InChI=1S/C18H38O2.ClH/c1-2-3-4-5-6-7-8-9-10-11-12-13-14-15-18(20)16-17-19;/h18-20H,2-17H2,1H3;1H. The van der Waals surface area contributed by atoms with Gasteiger partial charge in [0, 0.05) is 6.61 Å². The highest BCUT2D eigenvalue weighted by atomic mass is 35.5. The summed E-state index contributed by atoms with van der Waals surface area (Å²) in [5, 5.41) is 18.1. The molecule has 0 saturated heterocycles. The van der Waals surface area contributed by atoms with E-state index in [1.54, 1.807) is 0 Å². The Labute approximate surface area is 139 Å². The van der Waals surface area contributed by atoms with Gasteiger partial charge in [-0.05, 0) is 12.8 Å². The molecule has 0 aliphatic rings. The predicted molar refractivity (Wildman–Crippen MR) is 95.3 cm³/mol. The molecule has 3 heteroatoms. The van der Waals surface area contributed by atoms with Crippen molar-refractivity contribution in [1.29, 1.82) is 0 Å². The third-order valence-corrected chi connectivity index (χ3v) is 4.10. The largest absolute Gasteiger partial charge is 0.396 e. The summed E-state index contributed by atoms with van der Waals surface area (Å²) in [5.41, 5.74) is 0. The van der Waals surface area contributed by atoms with Crippen molar-refractivity contribution >= 4 is 12.4 Å². The number of aliphatic hydroxyl groups is 2. The minimum Gasteiger partial charge on any atom is -0.396 e. The molecule has 0 aromatic rings. The molecule has 2 N–H and O–H groups in total. The Balaban J connectivity index is 0. The van der Waals surface area contributed by atoms with Crippen LogP contribution in [0.25, 0.3) is 0 Å². The molecule has 0 bridgehead atoms. The quantitative estimate of drug-likeness (QED) is 0.361. The van der Waals surface area contributed by atoms with Crippen molar-refractivity contribution in [3.8, 4) is 0 Å². The zero-order valence-corrected chi connectivity index (χ0v) is 15.0. The molecule has 130 valence electrons. The van der Waals surface area contributed by atoms with Crippen molar-refractivity contribution in [3.05, 3.63) is 0 Å². The van der Waals surface area contributed by atoms with Gasteiger partial charge in [0.2, 0.25) is 0 Å². The molecule has 2 nitrogen and oxygen atoms in total.